The molecule has 0 aliphatic carbocycles. The Hall–Kier alpha value is -4.13. The van der Waals surface area contributed by atoms with Crippen LogP contribution in [-0.4, -0.2) is 43.0 Å². The minimum atomic E-state index is -0.802. The summed E-state index contributed by atoms with van der Waals surface area (Å²) in [6, 6.07) is 21.2. The summed E-state index contributed by atoms with van der Waals surface area (Å²) in [4.78, 5) is 26.1. The number of carbonyl (C=O) groups excluding carboxylic acids is 2. The van der Waals surface area contributed by atoms with Crippen LogP contribution in [0.4, 0.5) is 0 Å². The van der Waals surface area contributed by atoms with E-state index in [9.17, 15) is 9.59 Å². The van der Waals surface area contributed by atoms with Crippen LogP contribution in [0.25, 0.3) is 0 Å². The Kier molecular flexibility index (Phi) is 7.15. The van der Waals surface area contributed by atoms with Crippen molar-refractivity contribution in [2.45, 2.75) is 31.8 Å². The molecule has 7 heteroatoms. The zero-order valence-electron chi connectivity index (χ0n) is 20.3. The molecule has 3 aromatic rings. The van der Waals surface area contributed by atoms with Crippen molar-refractivity contribution in [1.82, 2.24) is 10.7 Å². The Labute approximate surface area is 205 Å². The van der Waals surface area contributed by atoms with Crippen molar-refractivity contribution in [2.24, 2.45) is 0 Å². The molecule has 1 aliphatic heterocycles. The van der Waals surface area contributed by atoms with Gasteiger partial charge in [-0.25, -0.2) is 0 Å². The Morgan fingerprint density at radius 2 is 1.49 bits per heavy atom. The van der Waals surface area contributed by atoms with Crippen LogP contribution in [0, 0.1) is 0 Å². The molecule has 0 spiro atoms. The predicted molar refractivity (Wildman–Crippen MR) is 134 cm³/mol. The molecule has 1 fully saturated rings. The first-order chi connectivity index (χ1) is 16.9. The number of hydrogen-bond donors (Lipinski definition) is 2. The first kappa shape index (κ1) is 24.0. The van der Waals surface area contributed by atoms with Crippen molar-refractivity contribution in [3.8, 4) is 11.5 Å². The molecule has 1 heterocycles. The van der Waals surface area contributed by atoms with Crippen molar-refractivity contribution in [1.29, 1.82) is 0 Å². The molecule has 0 radical (unpaired) electrons. The molecule has 2 N–H and O–H groups in total. The Balaban J connectivity index is 1.67. The fraction of sp³-hybridized carbons (Fsp3) is 0.250. The Morgan fingerprint density at radius 3 is 2.03 bits per heavy atom. The van der Waals surface area contributed by atoms with Crippen molar-refractivity contribution in [3.63, 3.8) is 0 Å². The summed E-state index contributed by atoms with van der Waals surface area (Å²) in [6.07, 6.45) is 1.89. The molecule has 1 saturated heterocycles. The summed E-state index contributed by atoms with van der Waals surface area (Å²) < 4.78 is 12.2. The lowest BCUT2D eigenvalue weighted by Crippen LogP contribution is -2.42. The average molecular weight is 473 g/mol. The topological polar surface area (TPSA) is 79.7 Å². The van der Waals surface area contributed by atoms with Crippen molar-refractivity contribution < 1.29 is 23.7 Å². The largest absolute Gasteiger partial charge is 0.497 e. The van der Waals surface area contributed by atoms with Gasteiger partial charge < -0.3 is 14.8 Å². The van der Waals surface area contributed by atoms with E-state index < -0.39 is 12.1 Å². The summed E-state index contributed by atoms with van der Waals surface area (Å²) in [7, 11) is 3.17. The van der Waals surface area contributed by atoms with E-state index in [0.29, 0.717) is 23.0 Å². The zero-order chi connectivity index (χ0) is 24.9. The highest BCUT2D eigenvalue weighted by Crippen LogP contribution is 2.27. The molecule has 35 heavy (non-hydrogen) atoms. The number of methoxy groups -OCH3 is 2. The number of benzene rings is 3. The highest BCUT2D eigenvalue weighted by atomic mass is 16.5. The fourth-order valence-electron chi connectivity index (χ4n) is 4.08. The van der Waals surface area contributed by atoms with Crippen LogP contribution in [0.3, 0.4) is 0 Å². The molecular weight excluding hydrogens is 442 g/mol. The molecule has 7 nitrogen and oxygen atoms in total. The van der Waals surface area contributed by atoms with Gasteiger partial charge >= 0.3 is 5.91 Å². The fourth-order valence-corrected chi connectivity index (χ4v) is 4.08. The van der Waals surface area contributed by atoms with E-state index >= 15 is 0 Å². The average Bonchev–Trinajstić information content (AvgIpc) is 3.18. The SMILES string of the molecule is COc1ccc(C(=O)N[C@H]2C(=O)N/[N+](=C\c3ccc(C(C)C)cc3)[C@@H]2c2ccc(OC)cc2)cc1. The minimum Gasteiger partial charge on any atom is -0.497 e. The van der Waals surface area contributed by atoms with Crippen molar-refractivity contribution >= 4 is 18.0 Å². The molecule has 3 aromatic carbocycles. The van der Waals surface area contributed by atoms with Crippen LogP contribution in [0.2, 0.25) is 0 Å². The second-order valence-corrected chi connectivity index (χ2v) is 8.73. The van der Waals surface area contributed by atoms with Crippen molar-refractivity contribution in [2.75, 3.05) is 14.2 Å². The number of ether oxygens (including phenoxy) is 2. The smallest absolute Gasteiger partial charge is 0.304 e. The number of nitrogens with zero attached hydrogens (tertiary/aromatic N) is 1. The Bertz CT molecular complexity index is 1220. The number of carbonyl (C=O) groups is 2. The predicted octanol–water partition coefficient (Wildman–Crippen LogP) is 3.84. The first-order valence-corrected chi connectivity index (χ1v) is 11.5. The molecule has 0 aromatic heterocycles. The number of nitrogens with one attached hydrogen (secondary N) is 2. The normalized spacial score (nSPS) is 18.4. The quantitative estimate of drug-likeness (QED) is 0.512. The molecule has 2 amide bonds. The molecule has 4 rings (SSSR count). The lowest BCUT2D eigenvalue weighted by molar-refractivity contribution is -0.596. The van der Waals surface area contributed by atoms with Gasteiger partial charge in [0.05, 0.1) is 14.2 Å². The van der Waals surface area contributed by atoms with Gasteiger partial charge in [-0.15, -0.1) is 10.1 Å². The van der Waals surface area contributed by atoms with Gasteiger partial charge in [-0.1, -0.05) is 26.0 Å². The number of hydrogen-bond acceptors (Lipinski definition) is 4. The first-order valence-electron chi connectivity index (χ1n) is 11.5. The highest BCUT2D eigenvalue weighted by molar-refractivity contribution is 5.98. The van der Waals surface area contributed by atoms with Gasteiger partial charge in [0.2, 0.25) is 12.3 Å². The van der Waals surface area contributed by atoms with E-state index in [0.717, 1.165) is 11.1 Å². The van der Waals surface area contributed by atoms with E-state index in [1.165, 1.54) is 5.56 Å². The highest BCUT2D eigenvalue weighted by Gasteiger charge is 2.47. The van der Waals surface area contributed by atoms with E-state index in [4.69, 9.17) is 9.47 Å². The number of hydrazine groups is 1. The maximum absolute atomic E-state index is 13.1. The lowest BCUT2D eigenvalue weighted by Gasteiger charge is -2.15. The molecule has 2 atom stereocenters. The summed E-state index contributed by atoms with van der Waals surface area (Å²) in [6.45, 7) is 4.30. The lowest BCUT2D eigenvalue weighted by atomic mass is 9.99. The van der Waals surface area contributed by atoms with Crippen LogP contribution in [0.15, 0.2) is 72.8 Å². The third kappa shape index (κ3) is 5.35. The minimum absolute atomic E-state index is 0.289. The second-order valence-electron chi connectivity index (χ2n) is 8.73. The van der Waals surface area contributed by atoms with E-state index in [-0.39, 0.29) is 11.8 Å². The van der Waals surface area contributed by atoms with E-state index in [1.807, 2.05) is 42.6 Å². The van der Waals surface area contributed by atoms with Gasteiger partial charge in [0.25, 0.3) is 5.91 Å². The summed E-state index contributed by atoms with van der Waals surface area (Å²) in [5.41, 5.74) is 6.40. The maximum atomic E-state index is 13.1. The number of rotatable bonds is 7. The molecule has 0 unspecified atom stereocenters. The van der Waals surface area contributed by atoms with Crippen molar-refractivity contribution in [3.05, 3.63) is 95.1 Å². The Morgan fingerprint density at radius 1 is 0.914 bits per heavy atom. The summed E-state index contributed by atoms with van der Waals surface area (Å²) in [5, 5.41) is 2.91. The zero-order valence-corrected chi connectivity index (χ0v) is 20.3. The van der Waals surface area contributed by atoms with Crippen LogP contribution >= 0.6 is 0 Å². The summed E-state index contributed by atoms with van der Waals surface area (Å²) in [5.74, 6) is 1.17. The van der Waals surface area contributed by atoms with E-state index in [1.54, 1.807) is 43.2 Å². The maximum Gasteiger partial charge on any atom is 0.304 e. The van der Waals surface area contributed by atoms with Crippen LogP contribution < -0.4 is 20.2 Å². The van der Waals surface area contributed by atoms with Crippen LogP contribution in [0.1, 0.15) is 52.9 Å². The van der Waals surface area contributed by atoms with E-state index in [2.05, 4.69) is 36.7 Å². The van der Waals surface area contributed by atoms with Gasteiger partial charge in [0.1, 0.15) is 11.5 Å². The summed E-state index contributed by atoms with van der Waals surface area (Å²) >= 11 is 0. The number of amides is 2. The molecule has 1 aliphatic rings. The van der Waals surface area contributed by atoms with Gasteiger partial charge in [-0.05, 0) is 72.1 Å². The third-order valence-electron chi connectivity index (χ3n) is 6.12. The molecule has 0 bridgehead atoms. The molecule has 180 valence electrons. The van der Waals surface area contributed by atoms with Gasteiger partial charge in [-0.2, -0.15) is 0 Å². The standard InChI is InChI=1S/C28H29N3O4/c1-18(2)20-7-5-19(6-8-20)17-31-26(21-9-13-23(34-3)14-10-21)25(28(33)30-31)29-27(32)22-11-15-24(35-4)16-12-22/h5-18,25-26H,1-4H3,(H-,29,30,32,33)/p+1/b31-17-/t25-,26-/m1/s1. The number of hydrazone groups is 1. The molecule has 0 saturated carbocycles. The third-order valence-corrected chi connectivity index (χ3v) is 6.12. The van der Waals surface area contributed by atoms with Crippen LogP contribution in [-0.2, 0) is 4.79 Å². The van der Waals surface area contributed by atoms with Crippen LogP contribution in [0.5, 0.6) is 11.5 Å². The molecular formula is C28H30N3O4+. The monoisotopic (exact) mass is 472 g/mol. The van der Waals surface area contributed by atoms with Gasteiger partial charge in [0.15, 0.2) is 6.04 Å². The van der Waals surface area contributed by atoms with Gasteiger partial charge in [-0.3, -0.25) is 9.59 Å². The van der Waals surface area contributed by atoms with Gasteiger partial charge in [0, 0.05) is 16.7 Å². The second kappa shape index (κ2) is 10.4.